The number of benzene rings is 1. The van der Waals surface area contributed by atoms with Crippen molar-refractivity contribution in [3.63, 3.8) is 0 Å². The highest BCUT2D eigenvalue weighted by molar-refractivity contribution is 14.0. The van der Waals surface area contributed by atoms with Gasteiger partial charge in [0, 0.05) is 46.3 Å². The first-order valence-corrected chi connectivity index (χ1v) is 8.38. The topological polar surface area (TPSA) is 46.1 Å². The van der Waals surface area contributed by atoms with Crippen molar-refractivity contribution in [2.75, 3.05) is 40.5 Å². The van der Waals surface area contributed by atoms with Crippen LogP contribution in [0.3, 0.4) is 0 Å². The Morgan fingerprint density at radius 2 is 2.12 bits per heavy atom. The number of halogens is 1. The summed E-state index contributed by atoms with van der Waals surface area (Å²) in [6, 6.07) is 8.38. The smallest absolute Gasteiger partial charge is 0.193 e. The minimum absolute atomic E-state index is 0. The second kappa shape index (κ2) is 11.7. The summed E-state index contributed by atoms with van der Waals surface area (Å²) in [6.45, 7) is 6.87. The summed E-state index contributed by atoms with van der Waals surface area (Å²) >= 11 is 0. The molecular formula is C18H30IN3O2. The molecule has 0 aliphatic carbocycles. The predicted octanol–water partition coefficient (Wildman–Crippen LogP) is 2.88. The molecule has 1 aliphatic rings. The molecule has 1 heterocycles. The molecule has 1 fully saturated rings. The molecule has 1 unspecified atom stereocenters. The number of aliphatic imine (C=N–C) groups is 1. The van der Waals surface area contributed by atoms with Crippen molar-refractivity contribution in [3.05, 3.63) is 35.4 Å². The van der Waals surface area contributed by atoms with Gasteiger partial charge in [-0.3, -0.25) is 4.99 Å². The molecule has 0 saturated carbocycles. The molecule has 1 atom stereocenters. The highest BCUT2D eigenvalue weighted by Gasteiger charge is 2.19. The third-order valence-corrected chi connectivity index (χ3v) is 4.15. The fraction of sp³-hybridized carbons (Fsp3) is 0.611. The van der Waals surface area contributed by atoms with Gasteiger partial charge in [0.05, 0.1) is 13.2 Å². The minimum atomic E-state index is 0. The quantitative estimate of drug-likeness (QED) is 0.397. The number of nitrogens with zero attached hydrogens (tertiary/aromatic N) is 2. The first kappa shape index (κ1) is 21.2. The van der Waals surface area contributed by atoms with E-state index in [1.54, 1.807) is 0 Å². The fourth-order valence-electron chi connectivity index (χ4n) is 2.84. The van der Waals surface area contributed by atoms with Crippen molar-refractivity contribution in [2.24, 2.45) is 10.9 Å². The number of guanidine groups is 1. The van der Waals surface area contributed by atoms with Crippen LogP contribution >= 0.6 is 24.0 Å². The molecule has 0 bridgehead atoms. The van der Waals surface area contributed by atoms with E-state index >= 15 is 0 Å². The van der Waals surface area contributed by atoms with Gasteiger partial charge in [0.1, 0.15) is 0 Å². The Bertz CT molecular complexity index is 505. The maximum atomic E-state index is 5.55. The van der Waals surface area contributed by atoms with Crippen LogP contribution in [0.25, 0.3) is 0 Å². The van der Waals surface area contributed by atoms with E-state index in [9.17, 15) is 0 Å². The summed E-state index contributed by atoms with van der Waals surface area (Å²) < 4.78 is 11.0. The third kappa shape index (κ3) is 6.57. The number of hydrogen-bond acceptors (Lipinski definition) is 3. The first-order chi connectivity index (χ1) is 11.2. The molecule has 136 valence electrons. The van der Waals surface area contributed by atoms with Gasteiger partial charge in [0.25, 0.3) is 0 Å². The van der Waals surface area contributed by atoms with Crippen LogP contribution in [-0.2, 0) is 22.6 Å². The van der Waals surface area contributed by atoms with Crippen LogP contribution in [-0.4, -0.2) is 51.3 Å². The number of rotatable bonds is 7. The Morgan fingerprint density at radius 1 is 1.38 bits per heavy atom. The summed E-state index contributed by atoms with van der Waals surface area (Å²) in [5.74, 6) is 1.52. The first-order valence-electron chi connectivity index (χ1n) is 8.38. The lowest BCUT2D eigenvalue weighted by molar-refractivity contribution is 0.133. The maximum Gasteiger partial charge on any atom is 0.193 e. The molecule has 24 heavy (non-hydrogen) atoms. The Labute approximate surface area is 162 Å². The van der Waals surface area contributed by atoms with Crippen molar-refractivity contribution in [2.45, 2.75) is 26.5 Å². The van der Waals surface area contributed by atoms with E-state index in [2.05, 4.69) is 46.5 Å². The van der Waals surface area contributed by atoms with Crippen molar-refractivity contribution in [3.8, 4) is 0 Å². The summed E-state index contributed by atoms with van der Waals surface area (Å²) in [5, 5.41) is 3.46. The van der Waals surface area contributed by atoms with Crippen LogP contribution in [0.4, 0.5) is 0 Å². The molecule has 1 saturated heterocycles. The van der Waals surface area contributed by atoms with Crippen molar-refractivity contribution in [1.82, 2.24) is 10.2 Å². The third-order valence-electron chi connectivity index (χ3n) is 4.15. The molecule has 5 nitrogen and oxygen atoms in total. The van der Waals surface area contributed by atoms with Gasteiger partial charge < -0.3 is 19.7 Å². The van der Waals surface area contributed by atoms with Gasteiger partial charge in [0.2, 0.25) is 0 Å². The van der Waals surface area contributed by atoms with Crippen molar-refractivity contribution in [1.29, 1.82) is 0 Å². The highest BCUT2D eigenvalue weighted by Crippen LogP contribution is 2.14. The molecular weight excluding hydrogens is 417 g/mol. The molecule has 0 radical (unpaired) electrons. The van der Waals surface area contributed by atoms with E-state index in [0.29, 0.717) is 12.5 Å². The molecule has 0 amide bonds. The van der Waals surface area contributed by atoms with Gasteiger partial charge >= 0.3 is 0 Å². The molecule has 2 rings (SSSR count). The van der Waals surface area contributed by atoms with Gasteiger partial charge in [-0.2, -0.15) is 0 Å². The van der Waals surface area contributed by atoms with Gasteiger partial charge in [-0.25, -0.2) is 0 Å². The number of nitrogens with one attached hydrogen (secondary N) is 1. The summed E-state index contributed by atoms with van der Waals surface area (Å²) in [7, 11) is 3.91. The van der Waals surface area contributed by atoms with Crippen molar-refractivity contribution < 1.29 is 9.47 Å². The second-order valence-corrected chi connectivity index (χ2v) is 5.92. The lowest BCUT2D eigenvalue weighted by Gasteiger charge is -2.25. The molecule has 0 spiro atoms. The van der Waals surface area contributed by atoms with Crippen LogP contribution in [0.5, 0.6) is 0 Å². The van der Waals surface area contributed by atoms with Crippen LogP contribution in [0.15, 0.2) is 29.3 Å². The van der Waals surface area contributed by atoms with Gasteiger partial charge in [0.15, 0.2) is 5.96 Å². The Hall–Kier alpha value is -0.860. The number of hydrogen-bond donors (Lipinski definition) is 1. The zero-order chi connectivity index (χ0) is 16.5. The van der Waals surface area contributed by atoms with Crippen LogP contribution < -0.4 is 5.32 Å². The monoisotopic (exact) mass is 447 g/mol. The highest BCUT2D eigenvalue weighted by atomic mass is 127. The normalized spacial score (nSPS) is 17.5. The standard InChI is InChI=1S/C18H29N3O2.HI/c1-4-22-14-17-8-6-5-7-16(17)11-20-18(19-2)21(3)12-15-9-10-23-13-15;/h5-8,15H,4,9-14H2,1-3H3,(H,19,20);1H. The van der Waals surface area contributed by atoms with E-state index in [-0.39, 0.29) is 24.0 Å². The maximum absolute atomic E-state index is 5.55. The van der Waals surface area contributed by atoms with E-state index in [1.165, 1.54) is 11.1 Å². The predicted molar refractivity (Wildman–Crippen MR) is 109 cm³/mol. The van der Waals surface area contributed by atoms with Crippen LogP contribution in [0.1, 0.15) is 24.5 Å². The molecule has 6 heteroatoms. The molecule has 1 N–H and O–H groups in total. The van der Waals surface area contributed by atoms with Crippen molar-refractivity contribution >= 4 is 29.9 Å². The minimum Gasteiger partial charge on any atom is -0.381 e. The Kier molecular flexibility index (Phi) is 10.3. The fourth-order valence-corrected chi connectivity index (χ4v) is 2.84. The van der Waals surface area contributed by atoms with E-state index in [0.717, 1.165) is 45.3 Å². The van der Waals surface area contributed by atoms with Crippen LogP contribution in [0.2, 0.25) is 0 Å². The lowest BCUT2D eigenvalue weighted by atomic mass is 10.1. The molecule has 1 aromatic rings. The van der Waals surface area contributed by atoms with E-state index < -0.39 is 0 Å². The molecule has 0 aromatic heterocycles. The zero-order valence-corrected chi connectivity index (χ0v) is 17.3. The van der Waals surface area contributed by atoms with E-state index in [1.807, 2.05) is 14.0 Å². The van der Waals surface area contributed by atoms with Gasteiger partial charge in [-0.15, -0.1) is 24.0 Å². The summed E-state index contributed by atoms with van der Waals surface area (Å²) in [6.07, 6.45) is 1.14. The summed E-state index contributed by atoms with van der Waals surface area (Å²) in [5.41, 5.74) is 2.48. The number of ether oxygens (including phenoxy) is 2. The Morgan fingerprint density at radius 3 is 2.75 bits per heavy atom. The Balaban J connectivity index is 0.00000288. The molecule has 1 aromatic carbocycles. The van der Waals surface area contributed by atoms with Gasteiger partial charge in [-0.05, 0) is 24.5 Å². The second-order valence-electron chi connectivity index (χ2n) is 5.92. The lowest BCUT2D eigenvalue weighted by Crippen LogP contribution is -2.41. The molecule has 1 aliphatic heterocycles. The van der Waals surface area contributed by atoms with E-state index in [4.69, 9.17) is 9.47 Å². The average Bonchev–Trinajstić information content (AvgIpc) is 3.07. The van der Waals surface area contributed by atoms with Crippen LogP contribution in [0, 0.1) is 5.92 Å². The zero-order valence-electron chi connectivity index (χ0n) is 15.0. The summed E-state index contributed by atoms with van der Waals surface area (Å²) in [4.78, 5) is 6.58. The SMILES string of the molecule is CCOCc1ccccc1CNC(=NC)N(C)CC1CCOC1.I. The average molecular weight is 447 g/mol. The van der Waals surface area contributed by atoms with Gasteiger partial charge in [-0.1, -0.05) is 24.3 Å². The largest absolute Gasteiger partial charge is 0.381 e.